The van der Waals surface area contributed by atoms with Crippen molar-refractivity contribution in [3.63, 3.8) is 0 Å². The number of nitrogens with one attached hydrogen (secondary N) is 1. The number of thioether (sulfide) groups is 1. The fraction of sp³-hybridized carbons (Fsp3) is 0.333. The van der Waals surface area contributed by atoms with Gasteiger partial charge in [0.2, 0.25) is 5.91 Å². The first-order valence-corrected chi connectivity index (χ1v) is 8.06. The summed E-state index contributed by atoms with van der Waals surface area (Å²) in [5, 5.41) is 11.6. The Morgan fingerprint density at radius 1 is 1.43 bits per heavy atom. The standard InChI is InChI=1S/C15H16N4O3S/c1-2-22-15(21)18-13(20)10-23-14-17-11-6-3-4-7-12(11)19(14)9-5-8-16/h3-4,6-7H,2,5,9-10H2,1H3,(H,18,20,21). The molecule has 1 aromatic carbocycles. The Morgan fingerprint density at radius 3 is 2.96 bits per heavy atom. The number of aryl methyl sites for hydroxylation is 1. The van der Waals surface area contributed by atoms with Crippen molar-refractivity contribution in [3.8, 4) is 6.07 Å². The van der Waals surface area contributed by atoms with Crippen molar-refractivity contribution in [2.45, 2.75) is 25.0 Å². The van der Waals surface area contributed by atoms with E-state index in [1.165, 1.54) is 11.8 Å². The summed E-state index contributed by atoms with van der Waals surface area (Å²) in [5.74, 6) is -0.415. The quantitative estimate of drug-likeness (QED) is 0.815. The van der Waals surface area contributed by atoms with E-state index in [0.29, 0.717) is 18.1 Å². The van der Waals surface area contributed by atoms with Crippen LogP contribution in [0.25, 0.3) is 11.0 Å². The Morgan fingerprint density at radius 2 is 2.22 bits per heavy atom. The van der Waals surface area contributed by atoms with Gasteiger partial charge in [-0.3, -0.25) is 10.1 Å². The number of hydrogen-bond acceptors (Lipinski definition) is 6. The molecule has 2 rings (SSSR count). The molecule has 0 saturated carbocycles. The monoisotopic (exact) mass is 332 g/mol. The number of benzene rings is 1. The van der Waals surface area contributed by atoms with E-state index in [9.17, 15) is 9.59 Å². The molecule has 0 spiro atoms. The largest absolute Gasteiger partial charge is 0.450 e. The molecule has 1 aromatic heterocycles. The Labute approximate surface area is 137 Å². The smallest absolute Gasteiger partial charge is 0.413 e. The molecule has 0 aliphatic heterocycles. The maximum Gasteiger partial charge on any atom is 0.413 e. The van der Waals surface area contributed by atoms with Gasteiger partial charge in [0.1, 0.15) is 0 Å². The number of carbonyl (C=O) groups excluding carboxylic acids is 2. The van der Waals surface area contributed by atoms with Gasteiger partial charge in [-0.1, -0.05) is 23.9 Å². The second-order valence-corrected chi connectivity index (χ2v) is 5.44. The number of fused-ring (bicyclic) bond motifs is 1. The van der Waals surface area contributed by atoms with E-state index >= 15 is 0 Å². The minimum absolute atomic E-state index is 0.0364. The predicted molar refractivity (Wildman–Crippen MR) is 85.9 cm³/mol. The summed E-state index contributed by atoms with van der Waals surface area (Å²) in [6.07, 6.45) is -0.403. The van der Waals surface area contributed by atoms with Crippen LogP contribution in [-0.4, -0.2) is 33.9 Å². The second kappa shape index (κ2) is 8.19. The zero-order valence-corrected chi connectivity index (χ0v) is 13.4. The molecule has 0 unspecified atom stereocenters. The normalized spacial score (nSPS) is 10.3. The zero-order chi connectivity index (χ0) is 16.7. The molecule has 0 radical (unpaired) electrons. The Hall–Kier alpha value is -2.53. The number of alkyl carbamates (subject to hydrolysis) is 1. The highest BCUT2D eigenvalue weighted by Crippen LogP contribution is 2.24. The third-order valence-electron chi connectivity index (χ3n) is 2.92. The summed E-state index contributed by atoms with van der Waals surface area (Å²) < 4.78 is 6.56. The van der Waals surface area contributed by atoms with Crippen molar-refractivity contribution in [3.05, 3.63) is 24.3 Å². The lowest BCUT2D eigenvalue weighted by Gasteiger charge is -2.07. The highest BCUT2D eigenvalue weighted by atomic mass is 32.2. The highest BCUT2D eigenvalue weighted by molar-refractivity contribution is 7.99. The highest BCUT2D eigenvalue weighted by Gasteiger charge is 2.14. The van der Waals surface area contributed by atoms with Crippen LogP contribution < -0.4 is 5.32 Å². The number of nitrogens with zero attached hydrogens (tertiary/aromatic N) is 3. The fourth-order valence-electron chi connectivity index (χ4n) is 1.99. The summed E-state index contributed by atoms with van der Waals surface area (Å²) in [4.78, 5) is 27.4. The molecular formula is C15H16N4O3S. The van der Waals surface area contributed by atoms with Crippen LogP contribution in [0.15, 0.2) is 29.4 Å². The van der Waals surface area contributed by atoms with E-state index < -0.39 is 12.0 Å². The van der Waals surface area contributed by atoms with Crippen LogP contribution in [0.1, 0.15) is 13.3 Å². The van der Waals surface area contributed by atoms with Gasteiger partial charge in [-0.25, -0.2) is 9.78 Å². The average molecular weight is 332 g/mol. The lowest BCUT2D eigenvalue weighted by molar-refractivity contribution is -0.117. The molecule has 0 atom stereocenters. The van der Waals surface area contributed by atoms with Crippen LogP contribution in [0.5, 0.6) is 0 Å². The van der Waals surface area contributed by atoms with Crippen molar-refractivity contribution >= 4 is 34.8 Å². The minimum Gasteiger partial charge on any atom is -0.450 e. The lowest BCUT2D eigenvalue weighted by atomic mass is 10.3. The summed E-state index contributed by atoms with van der Waals surface area (Å²) in [7, 11) is 0. The molecule has 7 nitrogen and oxygen atoms in total. The predicted octanol–water partition coefficient (Wildman–Crippen LogP) is 2.31. The van der Waals surface area contributed by atoms with Crippen LogP contribution >= 0.6 is 11.8 Å². The van der Waals surface area contributed by atoms with Crippen molar-refractivity contribution in [2.24, 2.45) is 0 Å². The first kappa shape index (κ1) is 16.8. The molecule has 0 saturated heterocycles. The van der Waals surface area contributed by atoms with Gasteiger partial charge < -0.3 is 9.30 Å². The number of para-hydroxylation sites is 2. The lowest BCUT2D eigenvalue weighted by Crippen LogP contribution is -2.32. The van der Waals surface area contributed by atoms with Crippen LogP contribution in [0, 0.1) is 11.3 Å². The number of nitriles is 1. The van der Waals surface area contributed by atoms with Crippen molar-refractivity contribution in [1.82, 2.24) is 14.9 Å². The molecule has 2 amide bonds. The van der Waals surface area contributed by atoms with Gasteiger partial charge in [0.25, 0.3) is 0 Å². The summed E-state index contributed by atoms with van der Waals surface area (Å²) in [5.41, 5.74) is 1.72. The maximum absolute atomic E-state index is 11.7. The number of hydrogen-bond donors (Lipinski definition) is 1. The molecular weight excluding hydrogens is 316 g/mol. The number of imide groups is 1. The number of carbonyl (C=O) groups is 2. The summed E-state index contributed by atoms with van der Waals surface area (Å²) >= 11 is 1.21. The Bertz CT molecular complexity index is 751. The Kier molecular flexibility index (Phi) is 6.00. The van der Waals surface area contributed by atoms with Crippen LogP contribution in [-0.2, 0) is 16.1 Å². The van der Waals surface area contributed by atoms with E-state index in [2.05, 4.69) is 21.1 Å². The van der Waals surface area contributed by atoms with Crippen molar-refractivity contribution < 1.29 is 14.3 Å². The van der Waals surface area contributed by atoms with E-state index in [4.69, 9.17) is 5.26 Å². The SMILES string of the molecule is CCOC(=O)NC(=O)CSc1nc2ccccc2n1CCC#N. The van der Waals surface area contributed by atoms with Gasteiger partial charge >= 0.3 is 6.09 Å². The van der Waals surface area contributed by atoms with Gasteiger partial charge in [-0.05, 0) is 19.1 Å². The number of amides is 2. The van der Waals surface area contributed by atoms with Crippen molar-refractivity contribution in [2.75, 3.05) is 12.4 Å². The number of rotatable bonds is 6. The fourth-order valence-corrected chi connectivity index (χ4v) is 2.83. The number of imidazole rings is 1. The molecule has 1 heterocycles. The van der Waals surface area contributed by atoms with E-state index in [0.717, 1.165) is 11.0 Å². The van der Waals surface area contributed by atoms with Gasteiger partial charge in [0.05, 0.1) is 35.9 Å². The van der Waals surface area contributed by atoms with Gasteiger partial charge in [0, 0.05) is 6.54 Å². The minimum atomic E-state index is -0.754. The van der Waals surface area contributed by atoms with E-state index in [1.54, 1.807) is 6.92 Å². The maximum atomic E-state index is 11.7. The van der Waals surface area contributed by atoms with Gasteiger partial charge in [-0.15, -0.1) is 0 Å². The van der Waals surface area contributed by atoms with Gasteiger partial charge in [0.15, 0.2) is 5.16 Å². The molecule has 0 aliphatic rings. The Balaban J connectivity index is 2.08. The topological polar surface area (TPSA) is 97.0 Å². The third kappa shape index (κ3) is 4.47. The first-order chi connectivity index (χ1) is 11.2. The molecule has 2 aromatic rings. The zero-order valence-electron chi connectivity index (χ0n) is 12.6. The van der Waals surface area contributed by atoms with Crippen LogP contribution in [0.3, 0.4) is 0 Å². The molecule has 1 N–H and O–H groups in total. The molecule has 0 bridgehead atoms. The van der Waals surface area contributed by atoms with Gasteiger partial charge in [-0.2, -0.15) is 5.26 Å². The molecule has 120 valence electrons. The van der Waals surface area contributed by atoms with Crippen molar-refractivity contribution in [1.29, 1.82) is 5.26 Å². The first-order valence-electron chi connectivity index (χ1n) is 7.07. The molecule has 8 heteroatoms. The number of aromatic nitrogens is 2. The molecule has 0 fully saturated rings. The average Bonchev–Trinajstić information content (AvgIpc) is 2.88. The molecule has 0 aliphatic carbocycles. The third-order valence-corrected chi connectivity index (χ3v) is 3.89. The number of ether oxygens (including phenoxy) is 1. The van der Waals surface area contributed by atoms with E-state index in [-0.39, 0.29) is 12.4 Å². The van der Waals surface area contributed by atoms with E-state index in [1.807, 2.05) is 28.8 Å². The van der Waals surface area contributed by atoms with Crippen LogP contribution in [0.2, 0.25) is 0 Å². The second-order valence-electron chi connectivity index (χ2n) is 4.50. The summed E-state index contributed by atoms with van der Waals surface area (Å²) in [6, 6.07) is 9.68. The van der Waals surface area contributed by atoms with Crippen LogP contribution in [0.4, 0.5) is 4.79 Å². The molecule has 23 heavy (non-hydrogen) atoms. The summed E-state index contributed by atoms with van der Waals surface area (Å²) in [6.45, 7) is 2.37.